The molecule has 1 aromatic rings. The molecule has 1 atom stereocenters. The number of hydrogen-bond donors (Lipinski definition) is 0. The topological polar surface area (TPSA) is 23.6 Å². The molecule has 4 heteroatoms. The molecule has 0 bridgehead atoms. The number of hydrogen-bond acceptors (Lipinski definition) is 1. The van der Waals surface area contributed by atoms with Crippen molar-refractivity contribution in [3.63, 3.8) is 0 Å². The first-order valence-corrected chi connectivity index (χ1v) is 7.83. The van der Waals surface area contributed by atoms with Crippen LogP contribution in [-0.2, 0) is 6.54 Å². The molecule has 1 heterocycles. The molecular formula is C15H21BrN2O. The molecule has 0 spiro atoms. The summed E-state index contributed by atoms with van der Waals surface area (Å²) in [6.07, 6.45) is 0. The lowest BCUT2D eigenvalue weighted by Gasteiger charge is -2.37. The number of fused-ring (bicyclic) bond motifs is 1. The molecule has 0 saturated heterocycles. The number of benzene rings is 1. The van der Waals surface area contributed by atoms with Gasteiger partial charge in [0.1, 0.15) is 0 Å². The molecule has 0 saturated carbocycles. The monoisotopic (exact) mass is 324 g/mol. The van der Waals surface area contributed by atoms with E-state index >= 15 is 0 Å². The second-order valence-corrected chi connectivity index (χ2v) is 6.18. The Bertz CT molecular complexity index is 461. The van der Waals surface area contributed by atoms with E-state index in [1.165, 1.54) is 5.56 Å². The van der Waals surface area contributed by atoms with E-state index in [4.69, 9.17) is 0 Å². The van der Waals surface area contributed by atoms with Crippen molar-refractivity contribution >= 4 is 27.6 Å². The molecule has 1 aliphatic heterocycles. The third-order valence-electron chi connectivity index (χ3n) is 3.81. The molecule has 0 aromatic heterocycles. The minimum absolute atomic E-state index is 0.102. The molecule has 0 N–H and O–H groups in total. The lowest BCUT2D eigenvalue weighted by atomic mass is 9.96. The first-order chi connectivity index (χ1) is 9.04. The van der Waals surface area contributed by atoms with Crippen LogP contribution in [0.2, 0.25) is 0 Å². The number of rotatable bonds is 4. The largest absolute Gasteiger partial charge is 0.324 e. The Morgan fingerprint density at radius 3 is 2.63 bits per heavy atom. The summed E-state index contributed by atoms with van der Waals surface area (Å²) < 4.78 is 0. The lowest BCUT2D eigenvalue weighted by molar-refractivity contribution is 0.208. The Balaban J connectivity index is 2.30. The molecule has 1 unspecified atom stereocenters. The molecule has 2 rings (SSSR count). The number of para-hydroxylation sites is 1. The summed E-state index contributed by atoms with van der Waals surface area (Å²) >= 11 is 3.57. The minimum atomic E-state index is 0.102. The molecule has 104 valence electrons. The number of carbonyl (C=O) groups is 1. The van der Waals surface area contributed by atoms with E-state index in [1.54, 1.807) is 4.90 Å². The van der Waals surface area contributed by atoms with Gasteiger partial charge in [-0.1, -0.05) is 48.0 Å². The van der Waals surface area contributed by atoms with E-state index < -0.39 is 0 Å². The quantitative estimate of drug-likeness (QED) is 0.774. The first-order valence-electron chi connectivity index (χ1n) is 6.71. The van der Waals surface area contributed by atoms with Gasteiger partial charge in [-0.05, 0) is 23.5 Å². The summed E-state index contributed by atoms with van der Waals surface area (Å²) in [5.74, 6) is 1.01. The van der Waals surface area contributed by atoms with Gasteiger partial charge in [0, 0.05) is 25.5 Å². The van der Waals surface area contributed by atoms with E-state index in [2.05, 4.69) is 35.8 Å². The number of alkyl halides is 1. The molecule has 0 radical (unpaired) electrons. The van der Waals surface area contributed by atoms with Crippen LogP contribution in [0, 0.1) is 11.8 Å². The standard InChI is InChI=1S/C15H21BrN2O/c1-11(2)13(8-16)10-18-14-7-5-4-6-12(14)9-17(3)15(18)19/h4-7,11,13H,8-10H2,1-3H3. The maximum atomic E-state index is 12.4. The lowest BCUT2D eigenvalue weighted by Crippen LogP contribution is -2.48. The Labute approximate surface area is 123 Å². The van der Waals surface area contributed by atoms with Gasteiger partial charge < -0.3 is 4.90 Å². The molecule has 3 nitrogen and oxygen atoms in total. The van der Waals surface area contributed by atoms with E-state index in [9.17, 15) is 4.79 Å². The second kappa shape index (κ2) is 5.95. The van der Waals surface area contributed by atoms with Gasteiger partial charge in [-0.15, -0.1) is 0 Å². The number of anilines is 1. The molecule has 0 aliphatic carbocycles. The van der Waals surface area contributed by atoms with Crippen molar-refractivity contribution in [1.82, 2.24) is 4.90 Å². The van der Waals surface area contributed by atoms with E-state index in [0.717, 1.165) is 17.6 Å². The van der Waals surface area contributed by atoms with E-state index in [1.807, 2.05) is 30.1 Å². The van der Waals surface area contributed by atoms with Crippen LogP contribution in [0.1, 0.15) is 19.4 Å². The molecule has 1 aromatic carbocycles. The average Bonchev–Trinajstić information content (AvgIpc) is 2.39. The molecule has 19 heavy (non-hydrogen) atoms. The molecule has 1 aliphatic rings. The maximum Gasteiger partial charge on any atom is 0.324 e. The van der Waals surface area contributed by atoms with Crippen molar-refractivity contribution in [3.8, 4) is 0 Å². The molecule has 2 amide bonds. The maximum absolute atomic E-state index is 12.4. The van der Waals surface area contributed by atoms with Gasteiger partial charge in [0.15, 0.2) is 0 Å². The van der Waals surface area contributed by atoms with Crippen molar-refractivity contribution in [2.75, 3.05) is 23.8 Å². The Hall–Kier alpha value is -1.03. The molecular weight excluding hydrogens is 304 g/mol. The Morgan fingerprint density at radius 1 is 1.32 bits per heavy atom. The number of nitrogens with zero attached hydrogens (tertiary/aromatic N) is 2. The van der Waals surface area contributed by atoms with Gasteiger partial charge in [0.25, 0.3) is 0 Å². The minimum Gasteiger partial charge on any atom is -0.323 e. The highest BCUT2D eigenvalue weighted by atomic mass is 79.9. The fourth-order valence-corrected chi connectivity index (χ4v) is 3.34. The van der Waals surface area contributed by atoms with Crippen LogP contribution >= 0.6 is 15.9 Å². The zero-order valence-corrected chi connectivity index (χ0v) is 13.4. The van der Waals surface area contributed by atoms with Gasteiger partial charge in [-0.2, -0.15) is 0 Å². The normalized spacial score (nSPS) is 16.8. The SMILES string of the molecule is CC(C)C(CBr)CN1C(=O)N(C)Cc2ccccc21. The highest BCUT2D eigenvalue weighted by Gasteiger charge is 2.30. The highest BCUT2D eigenvalue weighted by molar-refractivity contribution is 9.09. The van der Waals surface area contributed by atoms with Gasteiger partial charge in [0.05, 0.1) is 5.69 Å². The third-order valence-corrected chi connectivity index (χ3v) is 4.64. The van der Waals surface area contributed by atoms with Crippen molar-refractivity contribution in [3.05, 3.63) is 29.8 Å². The summed E-state index contributed by atoms with van der Waals surface area (Å²) in [5, 5.41) is 0.917. The number of halogens is 1. The van der Waals surface area contributed by atoms with Crippen molar-refractivity contribution in [2.24, 2.45) is 11.8 Å². The van der Waals surface area contributed by atoms with Crippen LogP contribution < -0.4 is 4.90 Å². The Morgan fingerprint density at radius 2 is 2.00 bits per heavy atom. The van der Waals surface area contributed by atoms with Crippen molar-refractivity contribution in [1.29, 1.82) is 0 Å². The predicted molar refractivity (Wildman–Crippen MR) is 82.8 cm³/mol. The number of carbonyl (C=O) groups excluding carboxylic acids is 1. The fraction of sp³-hybridized carbons (Fsp3) is 0.533. The third kappa shape index (κ3) is 2.94. The first kappa shape index (κ1) is 14.4. The van der Waals surface area contributed by atoms with E-state index in [-0.39, 0.29) is 6.03 Å². The van der Waals surface area contributed by atoms with Crippen LogP contribution in [0.4, 0.5) is 10.5 Å². The van der Waals surface area contributed by atoms with Gasteiger partial charge in [-0.3, -0.25) is 4.90 Å². The predicted octanol–water partition coefficient (Wildman–Crippen LogP) is 3.73. The summed E-state index contributed by atoms with van der Waals surface area (Å²) in [5.41, 5.74) is 2.29. The van der Waals surface area contributed by atoms with Crippen LogP contribution in [-0.4, -0.2) is 29.9 Å². The number of amides is 2. The van der Waals surface area contributed by atoms with Crippen molar-refractivity contribution in [2.45, 2.75) is 20.4 Å². The molecule has 0 fully saturated rings. The summed E-state index contributed by atoms with van der Waals surface area (Å²) in [7, 11) is 1.86. The summed E-state index contributed by atoms with van der Waals surface area (Å²) in [6.45, 7) is 5.88. The Kier molecular flexibility index (Phi) is 4.50. The zero-order valence-electron chi connectivity index (χ0n) is 11.8. The van der Waals surface area contributed by atoms with Crippen LogP contribution in [0.15, 0.2) is 24.3 Å². The average molecular weight is 325 g/mol. The summed E-state index contributed by atoms with van der Waals surface area (Å²) in [4.78, 5) is 16.1. The number of urea groups is 1. The van der Waals surface area contributed by atoms with E-state index in [0.29, 0.717) is 18.4 Å². The fourth-order valence-electron chi connectivity index (χ4n) is 2.39. The van der Waals surface area contributed by atoms with Crippen LogP contribution in [0.5, 0.6) is 0 Å². The van der Waals surface area contributed by atoms with Crippen LogP contribution in [0.3, 0.4) is 0 Å². The zero-order chi connectivity index (χ0) is 14.0. The van der Waals surface area contributed by atoms with Gasteiger partial charge in [0.2, 0.25) is 0 Å². The van der Waals surface area contributed by atoms with Gasteiger partial charge >= 0.3 is 6.03 Å². The van der Waals surface area contributed by atoms with Gasteiger partial charge in [-0.25, -0.2) is 4.79 Å². The van der Waals surface area contributed by atoms with Crippen molar-refractivity contribution < 1.29 is 4.79 Å². The smallest absolute Gasteiger partial charge is 0.323 e. The van der Waals surface area contributed by atoms with Crippen LogP contribution in [0.25, 0.3) is 0 Å². The summed E-state index contributed by atoms with van der Waals surface area (Å²) in [6, 6.07) is 8.29. The second-order valence-electron chi connectivity index (χ2n) is 5.54. The highest BCUT2D eigenvalue weighted by Crippen LogP contribution is 2.29.